The summed E-state index contributed by atoms with van der Waals surface area (Å²) in [5.41, 5.74) is 0. The molecule has 1 fully saturated rings. The van der Waals surface area contributed by atoms with Crippen LogP contribution in [0.1, 0.15) is 19.8 Å². The van der Waals surface area contributed by atoms with Gasteiger partial charge in [0.25, 0.3) is 0 Å². The molecule has 1 saturated heterocycles. The molecule has 0 aromatic rings. The van der Waals surface area contributed by atoms with E-state index in [1.807, 2.05) is 13.0 Å². The van der Waals surface area contributed by atoms with Gasteiger partial charge in [-0.25, -0.2) is 4.79 Å². The topological polar surface area (TPSA) is 38.3 Å². The summed E-state index contributed by atoms with van der Waals surface area (Å²) in [7, 11) is 0. The van der Waals surface area contributed by atoms with E-state index in [2.05, 4.69) is 5.32 Å². The van der Waals surface area contributed by atoms with Gasteiger partial charge in [-0.05, 0) is 38.8 Å². The third-order valence-electron chi connectivity index (χ3n) is 2.17. The van der Waals surface area contributed by atoms with Crippen LogP contribution in [0.25, 0.3) is 0 Å². The summed E-state index contributed by atoms with van der Waals surface area (Å²) < 4.78 is 4.77. The highest BCUT2D eigenvalue weighted by Crippen LogP contribution is 2.12. The molecule has 0 amide bonds. The van der Waals surface area contributed by atoms with Crippen LogP contribution in [-0.4, -0.2) is 25.7 Å². The maximum absolute atomic E-state index is 10.9. The first-order valence-corrected chi connectivity index (χ1v) is 4.87. The monoisotopic (exact) mass is 183 g/mol. The van der Waals surface area contributed by atoms with Crippen molar-refractivity contribution < 1.29 is 9.53 Å². The number of carbonyl (C=O) groups excluding carboxylic acids is 1. The van der Waals surface area contributed by atoms with Gasteiger partial charge in [-0.2, -0.15) is 0 Å². The number of esters is 1. The predicted octanol–water partition coefficient (Wildman–Crippen LogP) is 1.11. The molecule has 1 aliphatic heterocycles. The molecule has 0 aliphatic carbocycles. The summed E-state index contributed by atoms with van der Waals surface area (Å²) in [4.78, 5) is 10.9. The van der Waals surface area contributed by atoms with Gasteiger partial charge in [-0.15, -0.1) is 0 Å². The Labute approximate surface area is 79.2 Å². The Morgan fingerprint density at radius 3 is 3.15 bits per heavy atom. The second-order valence-electron chi connectivity index (χ2n) is 3.25. The maximum atomic E-state index is 10.9. The zero-order valence-corrected chi connectivity index (χ0v) is 8.08. The molecule has 3 nitrogen and oxygen atoms in total. The van der Waals surface area contributed by atoms with Crippen molar-refractivity contribution in [3.63, 3.8) is 0 Å². The van der Waals surface area contributed by atoms with Crippen LogP contribution in [0.5, 0.6) is 0 Å². The first-order chi connectivity index (χ1) is 6.33. The molecule has 1 aliphatic rings. The van der Waals surface area contributed by atoms with Gasteiger partial charge in [-0.3, -0.25) is 0 Å². The van der Waals surface area contributed by atoms with Gasteiger partial charge in [0.1, 0.15) is 0 Å². The third-order valence-corrected chi connectivity index (χ3v) is 2.17. The highest BCUT2D eigenvalue weighted by Gasteiger charge is 2.12. The minimum atomic E-state index is -0.228. The van der Waals surface area contributed by atoms with E-state index in [-0.39, 0.29) is 5.97 Å². The molecule has 13 heavy (non-hydrogen) atoms. The molecule has 74 valence electrons. The van der Waals surface area contributed by atoms with E-state index in [1.165, 1.54) is 12.5 Å². The number of nitrogens with one attached hydrogen (secondary N) is 1. The number of hydrogen-bond donors (Lipinski definition) is 1. The number of carbonyl (C=O) groups is 1. The van der Waals surface area contributed by atoms with Crippen molar-refractivity contribution in [3.8, 4) is 0 Å². The SMILES string of the molecule is CCOC(=O)/C=C\C[C@@H]1CCNC1. The lowest BCUT2D eigenvalue weighted by molar-refractivity contribution is -0.137. The van der Waals surface area contributed by atoms with E-state index >= 15 is 0 Å². The zero-order valence-electron chi connectivity index (χ0n) is 8.08. The minimum absolute atomic E-state index is 0.228. The van der Waals surface area contributed by atoms with Crippen LogP contribution < -0.4 is 5.32 Å². The number of allylic oxidation sites excluding steroid dienone is 1. The van der Waals surface area contributed by atoms with Crippen molar-refractivity contribution in [2.75, 3.05) is 19.7 Å². The van der Waals surface area contributed by atoms with Crippen LogP contribution in [0.15, 0.2) is 12.2 Å². The molecule has 0 saturated carbocycles. The van der Waals surface area contributed by atoms with E-state index in [0.717, 1.165) is 19.5 Å². The maximum Gasteiger partial charge on any atom is 0.330 e. The Bertz CT molecular complexity index is 183. The van der Waals surface area contributed by atoms with Crippen molar-refractivity contribution in [2.24, 2.45) is 5.92 Å². The summed E-state index contributed by atoms with van der Waals surface area (Å²) in [6.07, 6.45) is 5.64. The lowest BCUT2D eigenvalue weighted by Gasteiger charge is -2.01. The number of rotatable bonds is 4. The average molecular weight is 183 g/mol. The summed E-state index contributed by atoms with van der Waals surface area (Å²) >= 11 is 0. The molecular weight excluding hydrogens is 166 g/mol. The molecule has 3 heteroatoms. The van der Waals surface area contributed by atoms with Crippen LogP contribution in [0.2, 0.25) is 0 Å². The van der Waals surface area contributed by atoms with Crippen molar-refractivity contribution >= 4 is 5.97 Å². The molecule has 0 bridgehead atoms. The van der Waals surface area contributed by atoms with Gasteiger partial charge in [0.15, 0.2) is 0 Å². The molecule has 0 unspecified atom stereocenters. The molecule has 1 heterocycles. The van der Waals surface area contributed by atoms with Gasteiger partial charge < -0.3 is 10.1 Å². The van der Waals surface area contributed by atoms with Gasteiger partial charge in [0, 0.05) is 6.08 Å². The Kier molecular flexibility index (Phi) is 4.54. The van der Waals surface area contributed by atoms with Crippen molar-refractivity contribution in [2.45, 2.75) is 19.8 Å². The van der Waals surface area contributed by atoms with E-state index in [9.17, 15) is 4.79 Å². The van der Waals surface area contributed by atoms with Gasteiger partial charge >= 0.3 is 5.97 Å². The fraction of sp³-hybridized carbons (Fsp3) is 0.700. The summed E-state index contributed by atoms with van der Waals surface area (Å²) in [6.45, 7) is 4.45. The van der Waals surface area contributed by atoms with Crippen LogP contribution in [-0.2, 0) is 9.53 Å². The first kappa shape index (κ1) is 10.3. The molecule has 1 N–H and O–H groups in total. The van der Waals surface area contributed by atoms with Crippen LogP contribution >= 0.6 is 0 Å². The van der Waals surface area contributed by atoms with Crippen molar-refractivity contribution in [1.82, 2.24) is 5.32 Å². The molecular formula is C10H17NO2. The Balaban J connectivity index is 2.12. The largest absolute Gasteiger partial charge is 0.463 e. The fourth-order valence-electron chi connectivity index (χ4n) is 1.46. The second kappa shape index (κ2) is 5.75. The van der Waals surface area contributed by atoms with E-state index < -0.39 is 0 Å². The first-order valence-electron chi connectivity index (χ1n) is 4.87. The lowest BCUT2D eigenvalue weighted by Crippen LogP contribution is -2.08. The Morgan fingerprint density at radius 1 is 1.69 bits per heavy atom. The standard InChI is InChI=1S/C10H17NO2/c1-2-13-10(12)5-3-4-9-6-7-11-8-9/h3,5,9,11H,2,4,6-8H2,1H3/b5-3-/t9-/m1/s1. The van der Waals surface area contributed by atoms with Gasteiger partial charge in [-0.1, -0.05) is 6.08 Å². The van der Waals surface area contributed by atoms with E-state index in [0.29, 0.717) is 12.5 Å². The van der Waals surface area contributed by atoms with Gasteiger partial charge in [0.05, 0.1) is 6.61 Å². The van der Waals surface area contributed by atoms with E-state index in [4.69, 9.17) is 4.74 Å². The van der Waals surface area contributed by atoms with Crippen LogP contribution in [0.3, 0.4) is 0 Å². The average Bonchev–Trinajstić information content (AvgIpc) is 2.57. The van der Waals surface area contributed by atoms with Crippen LogP contribution in [0, 0.1) is 5.92 Å². The quantitative estimate of drug-likeness (QED) is 0.524. The highest BCUT2D eigenvalue weighted by molar-refractivity contribution is 5.81. The Morgan fingerprint density at radius 2 is 2.54 bits per heavy atom. The number of hydrogen-bond acceptors (Lipinski definition) is 3. The Hall–Kier alpha value is -0.830. The summed E-state index contributed by atoms with van der Waals surface area (Å²) in [5.74, 6) is 0.471. The van der Waals surface area contributed by atoms with Gasteiger partial charge in [0.2, 0.25) is 0 Å². The normalized spacial score (nSPS) is 22.4. The van der Waals surface area contributed by atoms with Crippen LogP contribution in [0.4, 0.5) is 0 Å². The lowest BCUT2D eigenvalue weighted by atomic mass is 10.1. The second-order valence-corrected chi connectivity index (χ2v) is 3.25. The summed E-state index contributed by atoms with van der Waals surface area (Å²) in [6, 6.07) is 0. The smallest absolute Gasteiger partial charge is 0.330 e. The fourth-order valence-corrected chi connectivity index (χ4v) is 1.46. The molecule has 0 spiro atoms. The molecule has 1 atom stereocenters. The minimum Gasteiger partial charge on any atom is -0.463 e. The van der Waals surface area contributed by atoms with Crippen molar-refractivity contribution in [3.05, 3.63) is 12.2 Å². The molecule has 0 radical (unpaired) electrons. The van der Waals surface area contributed by atoms with E-state index in [1.54, 1.807) is 0 Å². The highest BCUT2D eigenvalue weighted by atomic mass is 16.5. The predicted molar refractivity (Wildman–Crippen MR) is 51.4 cm³/mol. The molecule has 0 aromatic heterocycles. The zero-order chi connectivity index (χ0) is 9.52. The number of ether oxygens (including phenoxy) is 1. The third kappa shape index (κ3) is 4.08. The molecule has 0 aromatic carbocycles. The summed E-state index contributed by atoms with van der Waals surface area (Å²) in [5, 5.41) is 3.29. The molecule has 1 rings (SSSR count). The van der Waals surface area contributed by atoms with Crippen molar-refractivity contribution in [1.29, 1.82) is 0 Å².